The van der Waals surface area contributed by atoms with Gasteiger partial charge in [-0.05, 0) is 198 Å². The second-order valence-corrected chi connectivity index (χ2v) is 33.9. The molecule has 0 unspecified atom stereocenters. The van der Waals surface area contributed by atoms with E-state index in [4.69, 9.17) is 0 Å². The van der Waals surface area contributed by atoms with Crippen molar-refractivity contribution in [3.8, 4) is 27.9 Å². The molecule has 0 saturated carbocycles. The van der Waals surface area contributed by atoms with Gasteiger partial charge in [0.1, 0.15) is 0 Å². The van der Waals surface area contributed by atoms with Crippen molar-refractivity contribution >= 4 is 71.2 Å². The van der Waals surface area contributed by atoms with Gasteiger partial charge in [-0.25, -0.2) is 0 Å². The standard InChI is InChI=1S/C84H98N2/c1-77(2,3)57-29-35-73-69(49-57)70-50-58(78(4,5)6)30-36-74(70)86(73)72-34-28-52-25-31-67-71(33-27-51-26-32-68(72)76(52)75(51)67)85(66-47-63(83(19,20)21)46-64(48-66)84(22,23)24)65-42-53(55-38-59(79(7,8)9)44-60(39-55)80(10,11)12)37-54(43-65)56-40-61(81(13,14)15)45-62(41-56)82(16,17)18/h25-50H,1-24H3. The Kier molecular flexibility index (Phi) is 14.2. The van der Waals surface area contributed by atoms with Crippen LogP contribution in [-0.4, -0.2) is 4.57 Å². The fourth-order valence-electron chi connectivity index (χ4n) is 12.8. The highest BCUT2D eigenvalue weighted by Crippen LogP contribution is 2.50. The van der Waals surface area contributed by atoms with E-state index in [1.807, 2.05) is 0 Å². The molecule has 11 rings (SSSR count). The van der Waals surface area contributed by atoms with E-state index in [1.165, 1.54) is 127 Å². The minimum atomic E-state index is -0.114. The Labute approximate surface area is 517 Å². The minimum Gasteiger partial charge on any atom is -0.310 e. The molecule has 0 fully saturated rings. The molecule has 11 aromatic rings. The van der Waals surface area contributed by atoms with Crippen molar-refractivity contribution in [2.45, 2.75) is 209 Å². The van der Waals surface area contributed by atoms with E-state index in [0.717, 1.165) is 17.1 Å². The molecule has 2 heteroatoms. The smallest absolute Gasteiger partial charge is 0.0541 e. The fourth-order valence-corrected chi connectivity index (χ4v) is 12.8. The molecule has 0 aliphatic rings. The van der Waals surface area contributed by atoms with E-state index in [9.17, 15) is 0 Å². The molecule has 0 atom stereocenters. The summed E-state index contributed by atoms with van der Waals surface area (Å²) >= 11 is 0. The normalized spacial score (nSPS) is 13.6. The van der Waals surface area contributed by atoms with Crippen LogP contribution >= 0.6 is 0 Å². The summed E-state index contributed by atoms with van der Waals surface area (Å²) in [6, 6.07) is 63.3. The molecule has 444 valence electrons. The van der Waals surface area contributed by atoms with Crippen LogP contribution in [0.3, 0.4) is 0 Å². The predicted octanol–water partition coefficient (Wildman–Crippen LogP) is 24.9. The molecule has 1 heterocycles. The quantitative estimate of drug-likeness (QED) is 0.151. The van der Waals surface area contributed by atoms with Gasteiger partial charge in [-0.2, -0.15) is 0 Å². The van der Waals surface area contributed by atoms with Crippen molar-refractivity contribution in [3.63, 3.8) is 0 Å². The van der Waals surface area contributed by atoms with E-state index >= 15 is 0 Å². The number of anilines is 3. The Morgan fingerprint density at radius 2 is 0.558 bits per heavy atom. The molecule has 2 nitrogen and oxygen atoms in total. The highest BCUT2D eigenvalue weighted by molar-refractivity contribution is 6.27. The number of nitrogens with zero attached hydrogens (tertiary/aromatic N) is 2. The van der Waals surface area contributed by atoms with Crippen LogP contribution in [0.25, 0.3) is 82.1 Å². The van der Waals surface area contributed by atoms with Gasteiger partial charge in [0.2, 0.25) is 0 Å². The minimum absolute atomic E-state index is 0.00828. The molecule has 86 heavy (non-hydrogen) atoms. The van der Waals surface area contributed by atoms with Gasteiger partial charge in [0.25, 0.3) is 0 Å². The molecule has 0 N–H and O–H groups in total. The summed E-state index contributed by atoms with van der Waals surface area (Å²) in [5.74, 6) is 0. The Morgan fingerprint density at radius 3 is 0.942 bits per heavy atom. The van der Waals surface area contributed by atoms with Crippen LogP contribution in [0.15, 0.2) is 158 Å². The Balaban J connectivity index is 1.26. The molecule has 0 spiro atoms. The van der Waals surface area contributed by atoms with Gasteiger partial charge >= 0.3 is 0 Å². The molecule has 0 aliphatic carbocycles. The Morgan fingerprint density at radius 1 is 0.244 bits per heavy atom. The zero-order valence-electron chi connectivity index (χ0n) is 56.9. The van der Waals surface area contributed by atoms with Gasteiger partial charge < -0.3 is 9.47 Å². The highest BCUT2D eigenvalue weighted by atomic mass is 15.1. The Bertz CT molecular complexity index is 4190. The first-order chi connectivity index (χ1) is 39.6. The number of benzene rings is 10. The van der Waals surface area contributed by atoms with Gasteiger partial charge in [0.05, 0.1) is 22.4 Å². The molecule has 0 bridgehead atoms. The molecule has 1 aromatic heterocycles. The predicted molar refractivity (Wildman–Crippen MR) is 380 cm³/mol. The zero-order valence-corrected chi connectivity index (χ0v) is 56.9. The number of rotatable bonds is 6. The van der Waals surface area contributed by atoms with Gasteiger partial charge in [-0.15, -0.1) is 0 Å². The van der Waals surface area contributed by atoms with Crippen LogP contribution in [0, 0.1) is 0 Å². The second-order valence-electron chi connectivity index (χ2n) is 33.9. The van der Waals surface area contributed by atoms with Crippen LogP contribution in [0.2, 0.25) is 0 Å². The van der Waals surface area contributed by atoms with Crippen molar-refractivity contribution in [2.75, 3.05) is 4.90 Å². The molecular formula is C84H98N2. The topological polar surface area (TPSA) is 8.17 Å². The fraction of sp³-hybridized carbons (Fsp3) is 0.381. The van der Waals surface area contributed by atoms with Crippen molar-refractivity contribution in [1.82, 2.24) is 4.57 Å². The van der Waals surface area contributed by atoms with E-state index < -0.39 is 0 Å². The maximum atomic E-state index is 2.63. The molecule has 0 amide bonds. The van der Waals surface area contributed by atoms with Crippen LogP contribution in [-0.2, 0) is 43.3 Å². The number of hydrogen-bond donors (Lipinski definition) is 0. The van der Waals surface area contributed by atoms with E-state index in [-0.39, 0.29) is 43.3 Å². The molecule has 0 radical (unpaired) electrons. The van der Waals surface area contributed by atoms with Crippen LogP contribution in [0.4, 0.5) is 17.1 Å². The number of hydrogen-bond acceptors (Lipinski definition) is 1. The lowest BCUT2D eigenvalue weighted by atomic mass is 9.78. The average molecular weight is 1140 g/mol. The first-order valence-electron chi connectivity index (χ1n) is 31.9. The highest BCUT2D eigenvalue weighted by Gasteiger charge is 2.30. The monoisotopic (exact) mass is 1130 g/mol. The first kappa shape index (κ1) is 60.5. The summed E-state index contributed by atoms with van der Waals surface area (Å²) in [5.41, 5.74) is 22.3. The van der Waals surface area contributed by atoms with E-state index in [0.29, 0.717) is 0 Å². The van der Waals surface area contributed by atoms with Gasteiger partial charge in [-0.1, -0.05) is 257 Å². The van der Waals surface area contributed by atoms with Crippen LogP contribution in [0.5, 0.6) is 0 Å². The zero-order chi connectivity index (χ0) is 62.6. The molecular weight excluding hydrogens is 1040 g/mol. The number of fused-ring (bicyclic) bond motifs is 3. The summed E-state index contributed by atoms with van der Waals surface area (Å²) in [7, 11) is 0. The van der Waals surface area contributed by atoms with Crippen molar-refractivity contribution in [1.29, 1.82) is 0 Å². The number of aromatic nitrogens is 1. The summed E-state index contributed by atoms with van der Waals surface area (Å²) in [5, 5.41) is 10.1. The van der Waals surface area contributed by atoms with Crippen molar-refractivity contribution in [3.05, 3.63) is 202 Å². The van der Waals surface area contributed by atoms with Gasteiger partial charge in [-0.3, -0.25) is 0 Å². The maximum Gasteiger partial charge on any atom is 0.0541 e. The maximum absolute atomic E-state index is 2.63. The second kappa shape index (κ2) is 20.2. The van der Waals surface area contributed by atoms with Crippen molar-refractivity contribution < 1.29 is 0 Å². The van der Waals surface area contributed by atoms with Crippen LogP contribution < -0.4 is 4.90 Å². The third-order valence-corrected chi connectivity index (χ3v) is 18.7. The van der Waals surface area contributed by atoms with Crippen molar-refractivity contribution in [2.24, 2.45) is 0 Å². The lowest BCUT2D eigenvalue weighted by molar-refractivity contribution is 0.568. The third-order valence-electron chi connectivity index (χ3n) is 18.7. The third kappa shape index (κ3) is 11.2. The van der Waals surface area contributed by atoms with Gasteiger partial charge in [0, 0.05) is 32.9 Å². The first-order valence-corrected chi connectivity index (χ1v) is 31.9. The van der Waals surface area contributed by atoms with Gasteiger partial charge in [0.15, 0.2) is 0 Å². The summed E-state index contributed by atoms with van der Waals surface area (Å²) in [6.45, 7) is 56.4. The van der Waals surface area contributed by atoms with E-state index in [2.05, 4.69) is 333 Å². The summed E-state index contributed by atoms with van der Waals surface area (Å²) in [6.07, 6.45) is 0. The average Bonchev–Trinajstić information content (AvgIpc) is 1.24. The molecule has 0 saturated heterocycles. The Hall–Kier alpha value is -7.16. The SMILES string of the molecule is CC(C)(C)c1cc(-c2cc(-c3cc(C(C)(C)C)cc(C(C)(C)C)c3)cc(N(c3cc(C(C)(C)C)cc(C(C)(C)C)c3)c3ccc4ccc5c(-n6c7ccc(C(C)(C)C)cc7c7cc(C(C)(C)C)ccc76)ccc6ccc3c4c65)c2)cc(C(C)(C)C)c1. The molecule has 0 aliphatic heterocycles. The molecule has 10 aromatic carbocycles. The lowest BCUT2D eigenvalue weighted by Gasteiger charge is -2.33. The van der Waals surface area contributed by atoms with E-state index in [1.54, 1.807) is 0 Å². The lowest BCUT2D eigenvalue weighted by Crippen LogP contribution is -2.19. The summed E-state index contributed by atoms with van der Waals surface area (Å²) < 4.78 is 2.56. The van der Waals surface area contributed by atoms with Crippen LogP contribution in [0.1, 0.15) is 211 Å². The summed E-state index contributed by atoms with van der Waals surface area (Å²) in [4.78, 5) is 2.63. The largest absolute Gasteiger partial charge is 0.310 e.